The van der Waals surface area contributed by atoms with Crippen LogP contribution >= 0.6 is 0 Å². The van der Waals surface area contributed by atoms with E-state index >= 15 is 0 Å². The van der Waals surface area contributed by atoms with Crippen molar-refractivity contribution in [3.63, 3.8) is 0 Å². The topological polar surface area (TPSA) is 92.5 Å². The summed E-state index contributed by atoms with van der Waals surface area (Å²) in [5, 5.41) is 2.52. The number of amides is 3. The predicted molar refractivity (Wildman–Crippen MR) is 57.2 cm³/mol. The van der Waals surface area contributed by atoms with Crippen molar-refractivity contribution in [1.29, 1.82) is 0 Å². The van der Waals surface area contributed by atoms with Gasteiger partial charge in [0.15, 0.2) is 0 Å². The maximum absolute atomic E-state index is 11.5. The van der Waals surface area contributed by atoms with Crippen LogP contribution in [0.2, 0.25) is 0 Å². The van der Waals surface area contributed by atoms with Crippen LogP contribution in [0.25, 0.3) is 0 Å². The van der Waals surface area contributed by atoms with Crippen molar-refractivity contribution >= 4 is 17.7 Å². The molecule has 90 valence electrons. The second kappa shape index (κ2) is 4.21. The van der Waals surface area contributed by atoms with Crippen LogP contribution in [0.3, 0.4) is 0 Å². The van der Waals surface area contributed by atoms with Crippen molar-refractivity contribution in [1.82, 2.24) is 10.2 Å². The van der Waals surface area contributed by atoms with Gasteiger partial charge in [0.25, 0.3) is 5.91 Å². The molecule has 6 heteroatoms. The summed E-state index contributed by atoms with van der Waals surface area (Å²) >= 11 is 0. The minimum absolute atomic E-state index is 0.0338. The molecule has 6 nitrogen and oxygen atoms in total. The van der Waals surface area contributed by atoms with E-state index < -0.39 is 11.6 Å². The van der Waals surface area contributed by atoms with Crippen LogP contribution in [0.15, 0.2) is 0 Å². The largest absolute Gasteiger partial charge is 0.344 e. The minimum atomic E-state index is -0.729. The number of carbonyl (C=O) groups excluding carboxylic acids is 3. The molecule has 1 aliphatic rings. The van der Waals surface area contributed by atoms with E-state index in [4.69, 9.17) is 5.73 Å². The number of nitrogens with one attached hydrogen (secondary N) is 1. The normalized spacial score (nSPS) is 21.5. The van der Waals surface area contributed by atoms with Gasteiger partial charge in [0.2, 0.25) is 11.8 Å². The van der Waals surface area contributed by atoms with Crippen LogP contribution in [-0.2, 0) is 14.4 Å². The van der Waals surface area contributed by atoms with Gasteiger partial charge in [0.1, 0.15) is 6.04 Å². The monoisotopic (exact) mass is 227 g/mol. The number of imide groups is 1. The molecule has 1 rings (SSSR count). The summed E-state index contributed by atoms with van der Waals surface area (Å²) in [6.45, 7) is 3.45. The zero-order chi connectivity index (χ0) is 12.5. The smallest absolute Gasteiger partial charge is 0.252 e. The maximum Gasteiger partial charge on any atom is 0.252 e. The molecular weight excluding hydrogens is 210 g/mol. The lowest BCUT2D eigenvalue weighted by molar-refractivity contribution is -0.138. The molecule has 3 amide bonds. The van der Waals surface area contributed by atoms with Crippen LogP contribution in [0, 0.1) is 0 Å². The van der Waals surface area contributed by atoms with Gasteiger partial charge >= 0.3 is 0 Å². The van der Waals surface area contributed by atoms with Crippen LogP contribution in [-0.4, -0.2) is 41.2 Å². The Bertz CT molecular complexity index is 333. The molecule has 0 saturated carbocycles. The van der Waals surface area contributed by atoms with E-state index in [1.807, 2.05) is 0 Å². The summed E-state index contributed by atoms with van der Waals surface area (Å²) in [6.07, 6.45) is 0.154. The first-order valence-electron chi connectivity index (χ1n) is 5.09. The first kappa shape index (κ1) is 12.6. The summed E-state index contributed by atoms with van der Waals surface area (Å²) in [4.78, 5) is 35.2. The van der Waals surface area contributed by atoms with Gasteiger partial charge in [0.05, 0.1) is 6.42 Å². The first-order chi connectivity index (χ1) is 7.20. The van der Waals surface area contributed by atoms with E-state index in [1.54, 1.807) is 13.8 Å². The highest BCUT2D eigenvalue weighted by atomic mass is 16.2. The molecular formula is C10H17N3O3. The lowest BCUT2D eigenvalue weighted by Gasteiger charge is -2.19. The van der Waals surface area contributed by atoms with Gasteiger partial charge in [-0.25, -0.2) is 0 Å². The van der Waals surface area contributed by atoms with E-state index in [0.717, 1.165) is 4.90 Å². The third-order valence-electron chi connectivity index (χ3n) is 2.33. The summed E-state index contributed by atoms with van der Waals surface area (Å²) in [5.41, 5.74) is 5.05. The molecule has 1 atom stereocenters. The van der Waals surface area contributed by atoms with Gasteiger partial charge in [-0.1, -0.05) is 0 Å². The molecule has 1 saturated heterocycles. The number of hydrogen-bond acceptors (Lipinski definition) is 4. The standard InChI is InChI=1S/C10H17N3O3/c1-10(2,11)5-7(14)12-6-4-8(15)13(3)9(6)16/h6H,4-5,11H2,1-3H3,(H,12,14). The molecule has 0 aliphatic carbocycles. The van der Waals surface area contributed by atoms with E-state index in [0.29, 0.717) is 0 Å². The molecule has 0 bridgehead atoms. The molecule has 1 unspecified atom stereocenters. The SMILES string of the molecule is CN1C(=O)CC(NC(=O)CC(C)(C)N)C1=O. The lowest BCUT2D eigenvalue weighted by Crippen LogP contribution is -2.45. The summed E-state index contributed by atoms with van der Waals surface area (Å²) in [6, 6.07) is -0.729. The van der Waals surface area contributed by atoms with Crippen LogP contribution in [0.5, 0.6) is 0 Å². The van der Waals surface area contributed by atoms with Crippen molar-refractivity contribution in [2.45, 2.75) is 38.3 Å². The van der Waals surface area contributed by atoms with Crippen LogP contribution in [0.1, 0.15) is 26.7 Å². The van der Waals surface area contributed by atoms with E-state index in [9.17, 15) is 14.4 Å². The highest BCUT2D eigenvalue weighted by molar-refractivity contribution is 6.06. The van der Waals surface area contributed by atoms with E-state index in [-0.39, 0.29) is 30.6 Å². The molecule has 0 aromatic heterocycles. The van der Waals surface area contributed by atoms with E-state index in [2.05, 4.69) is 5.32 Å². The average molecular weight is 227 g/mol. The number of carbonyl (C=O) groups is 3. The number of nitrogens with two attached hydrogens (primary N) is 1. The predicted octanol–water partition coefficient (Wildman–Crippen LogP) is -1.01. The van der Waals surface area contributed by atoms with Crippen LogP contribution < -0.4 is 11.1 Å². The fourth-order valence-corrected chi connectivity index (χ4v) is 1.53. The fraction of sp³-hybridized carbons (Fsp3) is 0.700. The molecule has 0 aromatic carbocycles. The summed E-state index contributed by atoms with van der Waals surface area (Å²) in [7, 11) is 1.41. The van der Waals surface area contributed by atoms with Crippen molar-refractivity contribution in [2.24, 2.45) is 5.73 Å². The maximum atomic E-state index is 11.5. The number of likely N-dealkylation sites (N-methyl/N-ethyl adjacent to an activating group) is 1. The number of hydrogen-bond donors (Lipinski definition) is 2. The average Bonchev–Trinajstić information content (AvgIpc) is 2.30. The van der Waals surface area contributed by atoms with Gasteiger partial charge in [-0.3, -0.25) is 19.3 Å². The van der Waals surface area contributed by atoms with Gasteiger partial charge in [-0.2, -0.15) is 0 Å². The fourth-order valence-electron chi connectivity index (χ4n) is 1.53. The zero-order valence-corrected chi connectivity index (χ0v) is 9.74. The van der Waals surface area contributed by atoms with Gasteiger partial charge in [0, 0.05) is 19.0 Å². The molecule has 1 heterocycles. The molecule has 1 fully saturated rings. The van der Waals surface area contributed by atoms with Crippen molar-refractivity contribution in [2.75, 3.05) is 7.05 Å². The lowest BCUT2D eigenvalue weighted by atomic mass is 10.0. The Morgan fingerprint density at radius 2 is 2.12 bits per heavy atom. The Balaban J connectivity index is 2.53. The van der Waals surface area contributed by atoms with Crippen LogP contribution in [0.4, 0.5) is 0 Å². The summed E-state index contributed by atoms with van der Waals surface area (Å²) in [5.74, 6) is -0.954. The minimum Gasteiger partial charge on any atom is -0.344 e. The number of rotatable bonds is 3. The van der Waals surface area contributed by atoms with Crippen molar-refractivity contribution < 1.29 is 14.4 Å². The van der Waals surface area contributed by atoms with Crippen molar-refractivity contribution in [3.8, 4) is 0 Å². The third-order valence-corrected chi connectivity index (χ3v) is 2.33. The Hall–Kier alpha value is -1.43. The van der Waals surface area contributed by atoms with Gasteiger partial charge in [-0.15, -0.1) is 0 Å². The number of nitrogens with zero attached hydrogens (tertiary/aromatic N) is 1. The second-order valence-corrected chi connectivity index (χ2v) is 4.78. The van der Waals surface area contributed by atoms with Crippen molar-refractivity contribution in [3.05, 3.63) is 0 Å². The third kappa shape index (κ3) is 3.03. The number of likely N-dealkylation sites (tertiary alicyclic amines) is 1. The second-order valence-electron chi connectivity index (χ2n) is 4.78. The quantitative estimate of drug-likeness (QED) is 0.604. The molecule has 1 aliphatic heterocycles. The molecule has 0 radical (unpaired) electrons. The van der Waals surface area contributed by atoms with Gasteiger partial charge < -0.3 is 11.1 Å². The molecule has 0 aromatic rings. The Morgan fingerprint density at radius 1 is 1.56 bits per heavy atom. The van der Waals surface area contributed by atoms with Gasteiger partial charge in [-0.05, 0) is 13.8 Å². The molecule has 3 N–H and O–H groups in total. The Labute approximate surface area is 94.2 Å². The molecule has 0 spiro atoms. The highest BCUT2D eigenvalue weighted by Crippen LogP contribution is 2.11. The summed E-state index contributed by atoms with van der Waals surface area (Å²) < 4.78 is 0. The Morgan fingerprint density at radius 3 is 2.50 bits per heavy atom. The Kier molecular flexibility index (Phi) is 3.32. The highest BCUT2D eigenvalue weighted by Gasteiger charge is 2.37. The zero-order valence-electron chi connectivity index (χ0n) is 9.74. The van der Waals surface area contributed by atoms with E-state index in [1.165, 1.54) is 7.05 Å². The first-order valence-corrected chi connectivity index (χ1v) is 5.09. The molecule has 16 heavy (non-hydrogen) atoms.